The van der Waals surface area contributed by atoms with E-state index < -0.39 is 62.1 Å². The normalized spacial score (nSPS) is 19.0. The Hall–Kier alpha value is -2.74. The molecule has 34 heavy (non-hydrogen) atoms. The summed E-state index contributed by atoms with van der Waals surface area (Å²) < 4.78 is 90.3. The number of carbonyl (C=O) groups excluding carboxylic acids is 1. The number of ether oxygens (including phenoxy) is 2. The number of aliphatic hydroxyl groups excluding tert-OH is 1. The molecule has 3 N–H and O–H groups in total. The summed E-state index contributed by atoms with van der Waals surface area (Å²) in [6, 6.07) is 5.92. The lowest BCUT2D eigenvalue weighted by molar-refractivity contribution is -0.150. The summed E-state index contributed by atoms with van der Waals surface area (Å²) in [5.41, 5.74) is -2.27. The van der Waals surface area contributed by atoms with Crippen molar-refractivity contribution in [2.45, 2.75) is 42.9 Å². The highest BCUT2D eigenvalue weighted by Crippen LogP contribution is 2.36. The fourth-order valence-electron chi connectivity index (χ4n) is 3.16. The third kappa shape index (κ3) is 6.23. The number of halogens is 4. The van der Waals surface area contributed by atoms with Crippen LogP contribution in [0.4, 0.5) is 23.2 Å². The number of anilines is 1. The van der Waals surface area contributed by atoms with Gasteiger partial charge in [0.1, 0.15) is 11.9 Å². The van der Waals surface area contributed by atoms with E-state index in [9.17, 15) is 35.9 Å². The Kier molecular flexibility index (Phi) is 7.22. The van der Waals surface area contributed by atoms with Crippen molar-refractivity contribution in [1.82, 2.24) is 5.32 Å². The molecule has 1 aliphatic heterocycles. The highest BCUT2D eigenvalue weighted by Gasteiger charge is 2.37. The maximum atomic E-state index is 13.2. The summed E-state index contributed by atoms with van der Waals surface area (Å²) >= 11 is 0. The zero-order valence-electron chi connectivity index (χ0n) is 18.0. The average molecular weight is 506 g/mol. The molecule has 1 heterocycles. The molecule has 0 spiro atoms. The number of sulfonamides is 1. The van der Waals surface area contributed by atoms with Crippen LogP contribution >= 0.6 is 0 Å². The van der Waals surface area contributed by atoms with E-state index in [2.05, 4.69) is 5.32 Å². The summed E-state index contributed by atoms with van der Waals surface area (Å²) in [5, 5.41) is 12.6. The van der Waals surface area contributed by atoms with E-state index in [1.54, 1.807) is 18.6 Å². The number of rotatable bonds is 7. The minimum atomic E-state index is -4.99. The number of benzene rings is 2. The van der Waals surface area contributed by atoms with Crippen LogP contribution < -0.4 is 10.0 Å². The molecule has 0 aromatic heterocycles. The van der Waals surface area contributed by atoms with Gasteiger partial charge in [0, 0.05) is 12.1 Å². The maximum absolute atomic E-state index is 13.2. The zero-order valence-corrected chi connectivity index (χ0v) is 18.8. The molecule has 0 aliphatic carbocycles. The molecule has 186 valence electrons. The number of carbonyl (C=O) groups is 1. The summed E-state index contributed by atoms with van der Waals surface area (Å²) in [6.45, 7) is 3.36. The van der Waals surface area contributed by atoms with Crippen LogP contribution in [0.2, 0.25) is 0 Å². The number of aliphatic hydroxyl groups is 1. The summed E-state index contributed by atoms with van der Waals surface area (Å²) in [5.74, 6) is -2.64. The van der Waals surface area contributed by atoms with Crippen molar-refractivity contribution >= 4 is 21.6 Å². The Bertz CT molecular complexity index is 1150. The van der Waals surface area contributed by atoms with E-state index in [1.165, 1.54) is 0 Å². The number of hydrogen-bond donors (Lipinski definition) is 3. The van der Waals surface area contributed by atoms with Crippen molar-refractivity contribution in [3.05, 3.63) is 59.4 Å². The van der Waals surface area contributed by atoms with Gasteiger partial charge in [0.05, 0.1) is 28.9 Å². The van der Waals surface area contributed by atoms with E-state index in [0.29, 0.717) is 12.1 Å². The first-order valence-corrected chi connectivity index (χ1v) is 11.4. The van der Waals surface area contributed by atoms with Gasteiger partial charge in [-0.05, 0) is 56.3 Å². The Morgan fingerprint density at radius 1 is 1.21 bits per heavy atom. The van der Waals surface area contributed by atoms with Crippen molar-refractivity contribution < 1.29 is 45.4 Å². The van der Waals surface area contributed by atoms with Crippen LogP contribution in [-0.4, -0.2) is 50.6 Å². The first-order chi connectivity index (χ1) is 15.7. The van der Waals surface area contributed by atoms with Crippen LogP contribution in [0.5, 0.6) is 0 Å². The van der Waals surface area contributed by atoms with Gasteiger partial charge < -0.3 is 19.9 Å². The molecule has 1 aliphatic rings. The van der Waals surface area contributed by atoms with Gasteiger partial charge in [-0.3, -0.25) is 9.52 Å². The van der Waals surface area contributed by atoms with Crippen molar-refractivity contribution in [3.63, 3.8) is 0 Å². The van der Waals surface area contributed by atoms with Crippen LogP contribution in [0.1, 0.15) is 29.8 Å². The molecule has 0 radical (unpaired) electrons. The van der Waals surface area contributed by atoms with Gasteiger partial charge in [-0.25, -0.2) is 12.8 Å². The molecule has 13 heteroatoms. The smallest absolute Gasteiger partial charge is 0.388 e. The van der Waals surface area contributed by atoms with Gasteiger partial charge in [-0.1, -0.05) is 0 Å². The predicted molar refractivity (Wildman–Crippen MR) is 112 cm³/mol. The zero-order chi connectivity index (χ0) is 25.3. The van der Waals surface area contributed by atoms with E-state index in [0.717, 1.165) is 24.3 Å². The molecular formula is C21H22F4N2O6S. The maximum Gasteiger partial charge on any atom is 0.418 e. The molecule has 2 aromatic rings. The monoisotopic (exact) mass is 506 g/mol. The lowest BCUT2D eigenvalue weighted by Gasteiger charge is -2.20. The molecule has 2 unspecified atom stereocenters. The van der Waals surface area contributed by atoms with E-state index in [-0.39, 0.29) is 24.8 Å². The SMILES string of the molecule is CC1(C)OCC(C(O)CNC(=O)c2ccc(S(=O)(=O)Nc3ccc(F)cc3C(F)(F)F)cc2)O1. The topological polar surface area (TPSA) is 114 Å². The second-order valence-electron chi connectivity index (χ2n) is 7.96. The van der Waals surface area contributed by atoms with Gasteiger partial charge in [0.25, 0.3) is 15.9 Å². The first kappa shape index (κ1) is 25.9. The minimum absolute atomic E-state index is 0.0489. The summed E-state index contributed by atoms with van der Waals surface area (Å²) in [4.78, 5) is 11.9. The summed E-state index contributed by atoms with van der Waals surface area (Å²) in [7, 11) is -4.47. The van der Waals surface area contributed by atoms with Crippen molar-refractivity contribution in [1.29, 1.82) is 0 Å². The standard InChI is InChI=1S/C21H22F4N2O6S/c1-20(2)32-11-18(33-20)17(28)10-26-19(29)12-3-6-14(7-4-12)34(30,31)27-16-8-5-13(22)9-15(16)21(23,24)25/h3-9,17-18,27-28H,10-11H2,1-2H3,(H,26,29). The molecule has 8 nitrogen and oxygen atoms in total. The second-order valence-corrected chi connectivity index (χ2v) is 9.64. The lowest BCUT2D eigenvalue weighted by Crippen LogP contribution is -2.40. The molecule has 0 bridgehead atoms. The average Bonchev–Trinajstić information content (AvgIpc) is 3.12. The molecule has 1 saturated heterocycles. The van der Waals surface area contributed by atoms with Crippen molar-refractivity contribution in [3.8, 4) is 0 Å². The van der Waals surface area contributed by atoms with E-state index >= 15 is 0 Å². The largest absolute Gasteiger partial charge is 0.418 e. The second kappa shape index (κ2) is 9.49. The Morgan fingerprint density at radius 3 is 2.41 bits per heavy atom. The van der Waals surface area contributed by atoms with Gasteiger partial charge >= 0.3 is 6.18 Å². The van der Waals surface area contributed by atoms with Crippen LogP contribution in [0, 0.1) is 5.82 Å². The molecule has 1 amide bonds. The Balaban J connectivity index is 1.66. The van der Waals surface area contributed by atoms with Gasteiger partial charge in [-0.2, -0.15) is 13.2 Å². The van der Waals surface area contributed by atoms with Crippen LogP contribution in [0.15, 0.2) is 47.4 Å². The minimum Gasteiger partial charge on any atom is -0.388 e. The molecule has 0 saturated carbocycles. The number of nitrogens with one attached hydrogen (secondary N) is 2. The van der Waals surface area contributed by atoms with E-state index in [1.807, 2.05) is 0 Å². The summed E-state index contributed by atoms with van der Waals surface area (Å²) in [6.07, 6.45) is -6.67. The Labute approximate surface area is 192 Å². The van der Waals surface area contributed by atoms with Gasteiger partial charge in [0.15, 0.2) is 5.79 Å². The van der Waals surface area contributed by atoms with Crippen molar-refractivity contribution in [2.24, 2.45) is 0 Å². The fourth-order valence-corrected chi connectivity index (χ4v) is 4.24. The molecular weight excluding hydrogens is 484 g/mol. The third-order valence-corrected chi connectivity index (χ3v) is 6.27. The van der Waals surface area contributed by atoms with Crippen LogP contribution in [-0.2, 0) is 25.7 Å². The molecule has 2 aromatic carbocycles. The lowest BCUT2D eigenvalue weighted by atomic mass is 10.2. The molecule has 3 rings (SSSR count). The first-order valence-electron chi connectivity index (χ1n) is 9.96. The number of amides is 1. The predicted octanol–water partition coefficient (Wildman–Crippen LogP) is 2.89. The van der Waals surface area contributed by atoms with E-state index in [4.69, 9.17) is 9.47 Å². The van der Waals surface area contributed by atoms with Crippen LogP contribution in [0.3, 0.4) is 0 Å². The molecule has 1 fully saturated rings. The number of alkyl halides is 3. The quantitative estimate of drug-likeness (QED) is 0.498. The van der Waals surface area contributed by atoms with Gasteiger partial charge in [0.2, 0.25) is 0 Å². The van der Waals surface area contributed by atoms with Crippen LogP contribution in [0.25, 0.3) is 0 Å². The van der Waals surface area contributed by atoms with Crippen molar-refractivity contribution in [2.75, 3.05) is 17.9 Å². The molecule has 2 atom stereocenters. The highest BCUT2D eigenvalue weighted by atomic mass is 32.2. The number of hydrogen-bond acceptors (Lipinski definition) is 6. The third-order valence-electron chi connectivity index (χ3n) is 4.89. The highest BCUT2D eigenvalue weighted by molar-refractivity contribution is 7.92. The Morgan fingerprint density at radius 2 is 1.85 bits per heavy atom. The van der Waals surface area contributed by atoms with Gasteiger partial charge in [-0.15, -0.1) is 0 Å². The fraction of sp³-hybridized carbons (Fsp3) is 0.381.